The molecule has 0 aliphatic rings. The third-order valence-corrected chi connectivity index (χ3v) is 2.93. The first kappa shape index (κ1) is 10.2. The molecule has 1 atom stereocenters. The maximum Gasteiger partial charge on any atom is 0.0762 e. The minimum absolute atomic E-state index is 0.394. The van der Waals surface area contributed by atoms with E-state index >= 15 is 0 Å². The van der Waals surface area contributed by atoms with Gasteiger partial charge in [-0.15, -0.1) is 0 Å². The van der Waals surface area contributed by atoms with Crippen molar-refractivity contribution in [3.8, 4) is 0 Å². The van der Waals surface area contributed by atoms with Crippen LogP contribution in [-0.4, -0.2) is 9.67 Å². The van der Waals surface area contributed by atoms with Crippen LogP contribution in [0, 0.1) is 6.92 Å². The first-order valence-electron chi connectivity index (χ1n) is 5.41. The molecule has 0 fully saturated rings. The van der Waals surface area contributed by atoms with Gasteiger partial charge in [0, 0.05) is 23.6 Å². The highest BCUT2D eigenvalue weighted by Crippen LogP contribution is 2.24. The van der Waals surface area contributed by atoms with Gasteiger partial charge in [0.15, 0.2) is 0 Å². The largest absolute Gasteiger partial charge is 0.389 e. The van der Waals surface area contributed by atoms with E-state index in [4.69, 9.17) is 0 Å². The minimum atomic E-state index is -0.394. The lowest BCUT2D eigenvalue weighted by atomic mass is 10.1. The molecule has 0 aliphatic heterocycles. The zero-order valence-electron chi connectivity index (χ0n) is 9.49. The van der Waals surface area contributed by atoms with Crippen LogP contribution >= 0.6 is 0 Å². The summed E-state index contributed by atoms with van der Waals surface area (Å²) in [5.41, 5.74) is 3.49. The van der Waals surface area contributed by atoms with Gasteiger partial charge >= 0.3 is 0 Å². The average molecular weight is 203 g/mol. The van der Waals surface area contributed by atoms with Crippen LogP contribution in [0.3, 0.4) is 0 Å². The predicted molar refractivity (Wildman–Crippen MR) is 63.0 cm³/mol. The Labute approximate surface area is 90.2 Å². The predicted octanol–water partition coefficient (Wildman–Crippen LogP) is 3.02. The first-order chi connectivity index (χ1) is 7.13. The first-order valence-corrected chi connectivity index (χ1v) is 5.41. The van der Waals surface area contributed by atoms with Crippen LogP contribution in [0.1, 0.15) is 31.1 Å². The van der Waals surface area contributed by atoms with E-state index in [9.17, 15) is 5.11 Å². The van der Waals surface area contributed by atoms with Crippen molar-refractivity contribution in [1.82, 2.24) is 4.57 Å². The van der Waals surface area contributed by atoms with E-state index in [0.717, 1.165) is 12.1 Å². The Morgan fingerprint density at radius 3 is 2.73 bits per heavy atom. The second-order valence-electron chi connectivity index (χ2n) is 4.05. The molecule has 0 amide bonds. The Balaban J connectivity index is 2.68. The van der Waals surface area contributed by atoms with E-state index in [1.54, 1.807) is 6.92 Å². The van der Waals surface area contributed by atoms with Crippen LogP contribution in [0.5, 0.6) is 0 Å². The van der Waals surface area contributed by atoms with Crippen molar-refractivity contribution in [3.63, 3.8) is 0 Å². The number of hydrogen-bond acceptors (Lipinski definition) is 1. The Kier molecular flexibility index (Phi) is 2.53. The summed E-state index contributed by atoms with van der Waals surface area (Å²) < 4.78 is 2.22. The third-order valence-electron chi connectivity index (χ3n) is 2.93. The topological polar surface area (TPSA) is 25.2 Å². The molecule has 2 aromatic rings. The minimum Gasteiger partial charge on any atom is -0.389 e. The fraction of sp³-hybridized carbons (Fsp3) is 0.385. The summed E-state index contributed by atoms with van der Waals surface area (Å²) in [6.45, 7) is 7.02. The van der Waals surface area contributed by atoms with Gasteiger partial charge in [-0.2, -0.15) is 0 Å². The molecule has 0 spiro atoms. The number of aliphatic hydroxyl groups excluding tert-OH is 1. The highest BCUT2D eigenvalue weighted by Gasteiger charge is 2.07. The van der Waals surface area contributed by atoms with Gasteiger partial charge in [-0.1, -0.05) is 12.1 Å². The van der Waals surface area contributed by atoms with Crippen molar-refractivity contribution in [2.24, 2.45) is 0 Å². The van der Waals surface area contributed by atoms with Crippen LogP contribution in [0.25, 0.3) is 10.9 Å². The molecule has 2 rings (SSSR count). The lowest BCUT2D eigenvalue weighted by molar-refractivity contribution is 0.199. The molecular formula is C13H17NO. The smallest absolute Gasteiger partial charge is 0.0762 e. The molecule has 0 aliphatic carbocycles. The molecule has 1 aromatic carbocycles. The number of aliphatic hydroxyl groups is 1. The number of nitrogens with zero attached hydrogens (tertiary/aromatic N) is 1. The lowest BCUT2D eigenvalue weighted by Gasteiger charge is -2.06. The van der Waals surface area contributed by atoms with Crippen molar-refractivity contribution in [3.05, 3.63) is 35.5 Å². The van der Waals surface area contributed by atoms with Crippen molar-refractivity contribution < 1.29 is 5.11 Å². The molecule has 80 valence electrons. The molecule has 1 unspecified atom stereocenters. The molecule has 1 aromatic heterocycles. The van der Waals surface area contributed by atoms with E-state index in [1.807, 2.05) is 6.07 Å². The van der Waals surface area contributed by atoms with E-state index in [2.05, 4.69) is 36.7 Å². The van der Waals surface area contributed by atoms with Gasteiger partial charge in [0.05, 0.1) is 6.10 Å². The monoisotopic (exact) mass is 203 g/mol. The van der Waals surface area contributed by atoms with Gasteiger partial charge in [0.2, 0.25) is 0 Å². The fourth-order valence-electron chi connectivity index (χ4n) is 2.01. The standard InChI is InChI=1S/C13H17NO/c1-4-14-8-9(2)12-6-5-11(10(3)15)7-13(12)14/h5-8,10,15H,4H2,1-3H3. The van der Waals surface area contributed by atoms with Gasteiger partial charge in [-0.25, -0.2) is 0 Å². The molecular weight excluding hydrogens is 186 g/mol. The number of aromatic nitrogens is 1. The highest BCUT2D eigenvalue weighted by molar-refractivity contribution is 5.84. The number of aryl methyl sites for hydroxylation is 2. The Morgan fingerprint density at radius 1 is 1.40 bits per heavy atom. The molecule has 0 saturated carbocycles. The van der Waals surface area contributed by atoms with Crippen LogP contribution in [-0.2, 0) is 6.54 Å². The van der Waals surface area contributed by atoms with Gasteiger partial charge in [-0.05, 0) is 38.0 Å². The zero-order valence-corrected chi connectivity index (χ0v) is 9.49. The zero-order chi connectivity index (χ0) is 11.0. The van der Waals surface area contributed by atoms with E-state index < -0.39 is 6.10 Å². The average Bonchev–Trinajstić information content (AvgIpc) is 2.55. The van der Waals surface area contributed by atoms with Crippen LogP contribution in [0.4, 0.5) is 0 Å². The van der Waals surface area contributed by atoms with E-state index in [0.29, 0.717) is 0 Å². The summed E-state index contributed by atoms with van der Waals surface area (Å²) >= 11 is 0. The molecule has 0 radical (unpaired) electrons. The number of hydrogen-bond donors (Lipinski definition) is 1. The van der Waals surface area contributed by atoms with Crippen molar-refractivity contribution >= 4 is 10.9 Å². The second kappa shape index (κ2) is 3.70. The van der Waals surface area contributed by atoms with Gasteiger partial charge < -0.3 is 9.67 Å². The van der Waals surface area contributed by atoms with Crippen molar-refractivity contribution in [1.29, 1.82) is 0 Å². The number of rotatable bonds is 2. The molecule has 1 N–H and O–H groups in total. The Bertz CT molecular complexity index is 482. The van der Waals surface area contributed by atoms with Crippen molar-refractivity contribution in [2.75, 3.05) is 0 Å². The van der Waals surface area contributed by atoms with E-state index in [-0.39, 0.29) is 0 Å². The van der Waals surface area contributed by atoms with Crippen LogP contribution < -0.4 is 0 Å². The summed E-state index contributed by atoms with van der Waals surface area (Å²) in [5.74, 6) is 0. The normalized spacial score (nSPS) is 13.3. The van der Waals surface area contributed by atoms with E-state index in [1.165, 1.54) is 16.5 Å². The summed E-state index contributed by atoms with van der Waals surface area (Å²) in [5, 5.41) is 10.8. The van der Waals surface area contributed by atoms with Crippen molar-refractivity contribution in [2.45, 2.75) is 33.4 Å². The third kappa shape index (κ3) is 1.65. The Morgan fingerprint density at radius 2 is 2.13 bits per heavy atom. The van der Waals surface area contributed by atoms with Crippen LogP contribution in [0.15, 0.2) is 24.4 Å². The second-order valence-corrected chi connectivity index (χ2v) is 4.05. The maximum absolute atomic E-state index is 9.54. The SMILES string of the molecule is CCn1cc(C)c2ccc(C(C)O)cc21. The molecule has 0 bridgehead atoms. The fourth-order valence-corrected chi connectivity index (χ4v) is 2.01. The summed E-state index contributed by atoms with van der Waals surface area (Å²) in [6.07, 6.45) is 1.77. The maximum atomic E-state index is 9.54. The van der Waals surface area contributed by atoms with Crippen LogP contribution in [0.2, 0.25) is 0 Å². The molecule has 1 heterocycles. The summed E-state index contributed by atoms with van der Waals surface area (Å²) in [4.78, 5) is 0. The molecule has 2 heteroatoms. The quantitative estimate of drug-likeness (QED) is 0.797. The lowest BCUT2D eigenvalue weighted by Crippen LogP contribution is -1.94. The van der Waals surface area contributed by atoms with Gasteiger partial charge in [0.25, 0.3) is 0 Å². The molecule has 15 heavy (non-hydrogen) atoms. The summed E-state index contributed by atoms with van der Waals surface area (Å²) in [7, 11) is 0. The highest BCUT2D eigenvalue weighted by atomic mass is 16.3. The number of benzene rings is 1. The summed E-state index contributed by atoms with van der Waals surface area (Å²) in [6, 6.07) is 6.18. The number of fused-ring (bicyclic) bond motifs is 1. The molecule has 2 nitrogen and oxygen atoms in total. The molecule has 0 saturated heterocycles. The van der Waals surface area contributed by atoms with Gasteiger partial charge in [0.1, 0.15) is 0 Å². The van der Waals surface area contributed by atoms with Gasteiger partial charge in [-0.3, -0.25) is 0 Å². The Hall–Kier alpha value is -1.28.